The van der Waals surface area contributed by atoms with Gasteiger partial charge < -0.3 is 4.74 Å². The van der Waals surface area contributed by atoms with Crippen LogP contribution in [0.3, 0.4) is 0 Å². The van der Waals surface area contributed by atoms with Gasteiger partial charge in [-0.1, -0.05) is 6.42 Å². The van der Waals surface area contributed by atoms with Gasteiger partial charge in [0.05, 0.1) is 11.8 Å². The number of sulfonamides is 1. The molecular formula is C14H22N2O3S2. The Hall–Kier alpha value is -0.500. The minimum Gasteiger partial charge on any atom is -0.381 e. The third-order valence-electron chi connectivity index (χ3n) is 4.33. The Kier molecular flexibility index (Phi) is 4.93. The quantitative estimate of drug-likeness (QED) is 0.851. The number of hydrogen-bond donors (Lipinski definition) is 0. The maximum absolute atomic E-state index is 12.8. The van der Waals surface area contributed by atoms with Crippen LogP contribution in [0.2, 0.25) is 0 Å². The molecule has 21 heavy (non-hydrogen) atoms. The first-order valence-corrected chi connectivity index (χ1v) is 10.1. The fraction of sp³-hybridized carbons (Fsp3) is 0.786. The average Bonchev–Trinajstić information content (AvgIpc) is 3.02. The molecule has 0 bridgehead atoms. The molecule has 2 aliphatic heterocycles. The highest BCUT2D eigenvalue weighted by Crippen LogP contribution is 2.35. The van der Waals surface area contributed by atoms with Crippen LogP contribution in [0.15, 0.2) is 11.6 Å². The van der Waals surface area contributed by atoms with E-state index in [0.717, 1.165) is 37.1 Å². The molecule has 5 nitrogen and oxygen atoms in total. The molecule has 0 unspecified atom stereocenters. The number of nitrogens with zero attached hydrogens (tertiary/aromatic N) is 2. The molecule has 3 heterocycles. The Labute approximate surface area is 130 Å². The molecule has 1 atom stereocenters. The molecule has 2 saturated heterocycles. The van der Waals surface area contributed by atoms with E-state index in [4.69, 9.17) is 4.74 Å². The van der Waals surface area contributed by atoms with E-state index in [9.17, 15) is 8.42 Å². The Morgan fingerprint density at radius 3 is 2.81 bits per heavy atom. The molecule has 0 saturated carbocycles. The summed E-state index contributed by atoms with van der Waals surface area (Å²) in [5.74, 6) is 0.501. The van der Waals surface area contributed by atoms with E-state index in [1.54, 1.807) is 21.8 Å². The molecule has 2 fully saturated rings. The molecule has 118 valence electrons. The highest BCUT2D eigenvalue weighted by atomic mass is 32.2. The van der Waals surface area contributed by atoms with E-state index in [1.165, 1.54) is 0 Å². The lowest BCUT2D eigenvalue weighted by molar-refractivity contribution is 0.0718. The summed E-state index contributed by atoms with van der Waals surface area (Å²) in [6, 6.07) is -0.0522. The van der Waals surface area contributed by atoms with Gasteiger partial charge in [-0.15, -0.1) is 11.3 Å². The summed E-state index contributed by atoms with van der Waals surface area (Å²) in [4.78, 5) is 4.34. The second-order valence-corrected chi connectivity index (χ2v) is 8.72. The minimum atomic E-state index is -3.21. The van der Waals surface area contributed by atoms with Gasteiger partial charge in [0.25, 0.3) is 0 Å². The molecule has 1 aromatic heterocycles. The Morgan fingerprint density at radius 2 is 2.10 bits per heavy atom. The second-order valence-electron chi connectivity index (χ2n) is 5.83. The van der Waals surface area contributed by atoms with Crippen molar-refractivity contribution in [2.24, 2.45) is 5.92 Å². The van der Waals surface area contributed by atoms with Crippen molar-refractivity contribution < 1.29 is 13.2 Å². The summed E-state index contributed by atoms with van der Waals surface area (Å²) in [5, 5.41) is 2.86. The molecular weight excluding hydrogens is 308 g/mol. The first kappa shape index (κ1) is 15.4. The normalized spacial score (nSPS) is 26.0. The van der Waals surface area contributed by atoms with E-state index in [1.807, 2.05) is 5.38 Å². The van der Waals surface area contributed by atoms with Gasteiger partial charge in [-0.25, -0.2) is 13.4 Å². The number of rotatable bonds is 4. The van der Waals surface area contributed by atoms with E-state index < -0.39 is 10.0 Å². The molecule has 0 amide bonds. The van der Waals surface area contributed by atoms with Crippen LogP contribution in [0.5, 0.6) is 0 Å². The van der Waals surface area contributed by atoms with Crippen LogP contribution in [0, 0.1) is 5.92 Å². The van der Waals surface area contributed by atoms with Crippen molar-refractivity contribution in [2.45, 2.75) is 38.1 Å². The fourth-order valence-corrected chi connectivity index (χ4v) is 6.16. The predicted molar refractivity (Wildman–Crippen MR) is 82.7 cm³/mol. The monoisotopic (exact) mass is 330 g/mol. The molecule has 0 N–H and O–H groups in total. The van der Waals surface area contributed by atoms with Gasteiger partial charge >= 0.3 is 0 Å². The number of piperidine rings is 1. The highest BCUT2D eigenvalue weighted by molar-refractivity contribution is 7.89. The summed E-state index contributed by atoms with van der Waals surface area (Å²) in [6.45, 7) is 2.02. The average molecular weight is 330 g/mol. The summed E-state index contributed by atoms with van der Waals surface area (Å²) >= 11 is 1.56. The predicted octanol–water partition coefficient (Wildman–Crippen LogP) is 2.43. The lowest BCUT2D eigenvalue weighted by Gasteiger charge is -2.35. The van der Waals surface area contributed by atoms with Crippen LogP contribution in [-0.4, -0.2) is 43.2 Å². The number of hydrogen-bond acceptors (Lipinski definition) is 5. The van der Waals surface area contributed by atoms with E-state index in [2.05, 4.69) is 4.98 Å². The summed E-state index contributed by atoms with van der Waals surface area (Å²) < 4.78 is 32.7. The molecule has 0 spiro atoms. The van der Waals surface area contributed by atoms with Crippen molar-refractivity contribution in [3.63, 3.8) is 0 Å². The lowest BCUT2D eigenvalue weighted by Crippen LogP contribution is -2.41. The van der Waals surface area contributed by atoms with Crippen molar-refractivity contribution in [3.05, 3.63) is 16.6 Å². The third-order valence-corrected chi connectivity index (χ3v) is 7.26. The smallest absolute Gasteiger partial charge is 0.215 e. The van der Waals surface area contributed by atoms with Crippen LogP contribution in [0.1, 0.15) is 43.2 Å². The summed E-state index contributed by atoms with van der Waals surface area (Å²) in [7, 11) is -3.21. The number of thiazole rings is 1. The second kappa shape index (κ2) is 6.73. The third kappa shape index (κ3) is 3.64. The zero-order chi connectivity index (χ0) is 14.7. The van der Waals surface area contributed by atoms with E-state index in [-0.39, 0.29) is 17.7 Å². The van der Waals surface area contributed by atoms with Crippen molar-refractivity contribution in [1.82, 2.24) is 9.29 Å². The van der Waals surface area contributed by atoms with E-state index in [0.29, 0.717) is 19.8 Å². The molecule has 7 heteroatoms. The topological polar surface area (TPSA) is 59.5 Å². The van der Waals surface area contributed by atoms with Gasteiger partial charge in [0.1, 0.15) is 5.01 Å². The summed E-state index contributed by atoms with van der Waals surface area (Å²) in [5.41, 5.74) is 0. The van der Waals surface area contributed by atoms with Crippen molar-refractivity contribution in [2.75, 3.05) is 25.5 Å². The Morgan fingerprint density at radius 1 is 1.29 bits per heavy atom. The zero-order valence-corrected chi connectivity index (χ0v) is 13.7. The van der Waals surface area contributed by atoms with Crippen molar-refractivity contribution in [1.29, 1.82) is 0 Å². The van der Waals surface area contributed by atoms with Gasteiger partial charge in [-0.2, -0.15) is 4.31 Å². The molecule has 0 radical (unpaired) electrons. The number of aromatic nitrogens is 1. The Bertz CT molecular complexity index is 539. The lowest BCUT2D eigenvalue weighted by atomic mass is 10.0. The van der Waals surface area contributed by atoms with Gasteiger partial charge in [0.15, 0.2) is 0 Å². The number of ether oxygens (including phenoxy) is 1. The van der Waals surface area contributed by atoms with Crippen LogP contribution >= 0.6 is 11.3 Å². The molecule has 0 aromatic carbocycles. The van der Waals surface area contributed by atoms with Crippen molar-refractivity contribution in [3.8, 4) is 0 Å². The molecule has 2 aliphatic rings. The first-order chi connectivity index (χ1) is 10.2. The van der Waals surface area contributed by atoms with Crippen LogP contribution in [0.4, 0.5) is 0 Å². The van der Waals surface area contributed by atoms with Crippen LogP contribution in [0.25, 0.3) is 0 Å². The van der Waals surface area contributed by atoms with Gasteiger partial charge in [0.2, 0.25) is 10.0 Å². The van der Waals surface area contributed by atoms with Gasteiger partial charge in [-0.05, 0) is 31.6 Å². The first-order valence-electron chi connectivity index (χ1n) is 7.63. The Balaban J connectivity index is 1.75. The zero-order valence-electron chi connectivity index (χ0n) is 12.1. The van der Waals surface area contributed by atoms with Crippen LogP contribution in [-0.2, 0) is 14.8 Å². The van der Waals surface area contributed by atoms with E-state index >= 15 is 0 Å². The SMILES string of the molecule is O=S(=O)(CC1CCOCC1)N1CCCC[C@H]1c1nccs1. The highest BCUT2D eigenvalue weighted by Gasteiger charge is 2.36. The van der Waals surface area contributed by atoms with Gasteiger partial charge in [0, 0.05) is 31.3 Å². The maximum Gasteiger partial charge on any atom is 0.215 e. The maximum atomic E-state index is 12.8. The molecule has 0 aliphatic carbocycles. The fourth-order valence-electron chi connectivity index (χ4n) is 3.19. The standard InChI is InChI=1S/C14H22N2O3S2/c17-21(18,11-12-4-8-19-9-5-12)16-7-2-1-3-13(16)14-15-6-10-20-14/h6,10,12-13H,1-5,7-9,11H2/t13-/m0/s1. The molecule has 3 rings (SSSR count). The minimum absolute atomic E-state index is 0.0522. The molecule has 1 aromatic rings. The van der Waals surface area contributed by atoms with Gasteiger partial charge in [-0.3, -0.25) is 0 Å². The largest absolute Gasteiger partial charge is 0.381 e. The summed E-state index contributed by atoms with van der Waals surface area (Å²) in [6.07, 6.45) is 6.39. The van der Waals surface area contributed by atoms with Crippen molar-refractivity contribution >= 4 is 21.4 Å². The van der Waals surface area contributed by atoms with Crippen LogP contribution < -0.4 is 0 Å².